The standard InChI is InChI=1S/C21H31BrO3/c1-15-10-11-17(16-8-6-5-7-9-16)19(14-15)24-18(12-13-22)20(23)25-21(2,3)4/h10-11,14,16,18H,5-9,12-13H2,1-4H3. The molecule has 0 heterocycles. The van der Waals surface area contributed by atoms with E-state index in [2.05, 4.69) is 41.1 Å². The van der Waals surface area contributed by atoms with Crippen LogP contribution in [0.4, 0.5) is 0 Å². The van der Waals surface area contributed by atoms with Gasteiger partial charge in [0.05, 0.1) is 0 Å². The fourth-order valence-corrected chi connectivity index (χ4v) is 3.76. The molecule has 2 rings (SSSR count). The minimum atomic E-state index is -0.581. The molecular formula is C21H31BrO3. The number of aryl methyl sites for hydroxylation is 1. The van der Waals surface area contributed by atoms with Crippen molar-refractivity contribution in [2.24, 2.45) is 0 Å². The number of ether oxygens (including phenoxy) is 2. The van der Waals surface area contributed by atoms with Crippen LogP contribution in [0.5, 0.6) is 5.75 Å². The number of esters is 1. The number of benzene rings is 1. The second-order valence-electron chi connectivity index (χ2n) is 7.99. The van der Waals surface area contributed by atoms with Gasteiger partial charge in [0, 0.05) is 11.8 Å². The molecule has 0 radical (unpaired) electrons. The molecule has 0 bridgehead atoms. The Morgan fingerprint density at radius 3 is 2.52 bits per heavy atom. The van der Waals surface area contributed by atoms with E-state index in [1.807, 2.05) is 20.8 Å². The second kappa shape index (κ2) is 9.07. The smallest absolute Gasteiger partial charge is 0.347 e. The Bertz CT molecular complexity index is 571. The number of alkyl halides is 1. The molecule has 4 heteroatoms. The lowest BCUT2D eigenvalue weighted by atomic mass is 9.83. The summed E-state index contributed by atoms with van der Waals surface area (Å²) >= 11 is 3.43. The van der Waals surface area contributed by atoms with Gasteiger partial charge >= 0.3 is 5.97 Å². The number of halogens is 1. The lowest BCUT2D eigenvalue weighted by molar-refractivity contribution is -0.163. The van der Waals surface area contributed by atoms with Crippen LogP contribution in [-0.2, 0) is 9.53 Å². The molecule has 1 aromatic rings. The van der Waals surface area contributed by atoms with Crippen LogP contribution in [0.2, 0.25) is 0 Å². The highest BCUT2D eigenvalue weighted by Crippen LogP contribution is 2.38. The Balaban J connectivity index is 2.22. The fourth-order valence-electron chi connectivity index (χ4n) is 3.34. The van der Waals surface area contributed by atoms with E-state index in [1.54, 1.807) is 0 Å². The molecule has 0 amide bonds. The zero-order valence-corrected chi connectivity index (χ0v) is 17.5. The third-order valence-corrected chi connectivity index (χ3v) is 4.98. The summed E-state index contributed by atoms with van der Waals surface area (Å²) in [6, 6.07) is 6.39. The highest BCUT2D eigenvalue weighted by molar-refractivity contribution is 9.09. The van der Waals surface area contributed by atoms with Crippen molar-refractivity contribution in [1.29, 1.82) is 0 Å². The van der Waals surface area contributed by atoms with Crippen molar-refractivity contribution >= 4 is 21.9 Å². The Kier molecular flexibility index (Phi) is 7.36. The number of carbonyl (C=O) groups is 1. The van der Waals surface area contributed by atoms with Gasteiger partial charge in [0.15, 0.2) is 6.10 Å². The lowest BCUT2D eigenvalue weighted by Crippen LogP contribution is -2.36. The maximum Gasteiger partial charge on any atom is 0.347 e. The molecule has 1 saturated carbocycles. The van der Waals surface area contributed by atoms with Crippen LogP contribution in [0.25, 0.3) is 0 Å². The zero-order valence-electron chi connectivity index (χ0n) is 15.9. The Morgan fingerprint density at radius 2 is 1.92 bits per heavy atom. The topological polar surface area (TPSA) is 35.5 Å². The molecule has 1 aliphatic rings. The summed E-state index contributed by atoms with van der Waals surface area (Å²) in [5, 5.41) is 0.696. The van der Waals surface area contributed by atoms with Crippen molar-refractivity contribution < 1.29 is 14.3 Å². The summed E-state index contributed by atoms with van der Waals surface area (Å²) in [5.74, 6) is 1.10. The van der Waals surface area contributed by atoms with Crippen LogP contribution in [0.15, 0.2) is 18.2 Å². The van der Waals surface area contributed by atoms with Gasteiger partial charge in [-0.2, -0.15) is 0 Å². The third-order valence-electron chi connectivity index (χ3n) is 4.52. The first-order valence-corrected chi connectivity index (χ1v) is 10.5. The highest BCUT2D eigenvalue weighted by Gasteiger charge is 2.28. The number of rotatable bonds is 6. The number of carbonyl (C=O) groups excluding carboxylic acids is 1. The van der Waals surface area contributed by atoms with Gasteiger partial charge in [-0.05, 0) is 63.6 Å². The summed E-state index contributed by atoms with van der Waals surface area (Å²) in [5.41, 5.74) is 1.88. The molecule has 140 valence electrons. The summed E-state index contributed by atoms with van der Waals surface area (Å²) in [6.45, 7) is 7.72. The molecule has 1 aromatic carbocycles. The van der Waals surface area contributed by atoms with Crippen LogP contribution in [0.3, 0.4) is 0 Å². The Morgan fingerprint density at radius 1 is 1.24 bits per heavy atom. The van der Waals surface area contributed by atoms with Gasteiger partial charge in [-0.1, -0.05) is 47.3 Å². The van der Waals surface area contributed by atoms with E-state index in [-0.39, 0.29) is 5.97 Å². The van der Waals surface area contributed by atoms with E-state index in [0.29, 0.717) is 17.7 Å². The van der Waals surface area contributed by atoms with Crippen molar-refractivity contribution in [3.8, 4) is 5.75 Å². The predicted molar refractivity (Wildman–Crippen MR) is 106 cm³/mol. The lowest BCUT2D eigenvalue weighted by Gasteiger charge is -2.28. The van der Waals surface area contributed by atoms with Crippen molar-refractivity contribution in [3.05, 3.63) is 29.3 Å². The Labute approximate surface area is 160 Å². The van der Waals surface area contributed by atoms with Gasteiger partial charge in [-0.15, -0.1) is 0 Å². The first kappa shape index (κ1) is 20.3. The summed E-state index contributed by atoms with van der Waals surface area (Å²) < 4.78 is 11.8. The van der Waals surface area contributed by atoms with Crippen LogP contribution < -0.4 is 4.74 Å². The molecule has 1 atom stereocenters. The molecule has 0 saturated heterocycles. The molecule has 25 heavy (non-hydrogen) atoms. The average Bonchev–Trinajstić information content (AvgIpc) is 2.54. The van der Waals surface area contributed by atoms with Crippen molar-refractivity contribution in [3.63, 3.8) is 0 Å². The van der Waals surface area contributed by atoms with Crippen molar-refractivity contribution in [2.45, 2.75) is 83.8 Å². The maximum atomic E-state index is 12.6. The maximum absolute atomic E-state index is 12.6. The average molecular weight is 411 g/mol. The molecule has 0 N–H and O–H groups in total. The molecular weight excluding hydrogens is 380 g/mol. The first-order chi connectivity index (χ1) is 11.8. The minimum absolute atomic E-state index is 0.289. The van der Waals surface area contributed by atoms with Gasteiger partial charge in [-0.3, -0.25) is 0 Å². The fraction of sp³-hybridized carbons (Fsp3) is 0.667. The summed E-state index contributed by atoms with van der Waals surface area (Å²) in [6.07, 6.45) is 6.28. The quantitative estimate of drug-likeness (QED) is 0.431. The SMILES string of the molecule is Cc1ccc(C2CCCCC2)c(OC(CCBr)C(=O)OC(C)(C)C)c1. The molecule has 0 aromatic heterocycles. The second-order valence-corrected chi connectivity index (χ2v) is 8.79. The number of hydrogen-bond acceptors (Lipinski definition) is 3. The summed E-state index contributed by atoms with van der Waals surface area (Å²) in [4.78, 5) is 12.6. The third kappa shape index (κ3) is 6.32. The zero-order chi connectivity index (χ0) is 18.4. The van der Waals surface area contributed by atoms with Crippen LogP contribution in [0, 0.1) is 6.92 Å². The van der Waals surface area contributed by atoms with E-state index >= 15 is 0 Å². The molecule has 0 aliphatic heterocycles. The normalized spacial score (nSPS) is 17.2. The van der Waals surface area contributed by atoms with Gasteiger partial charge < -0.3 is 9.47 Å². The van der Waals surface area contributed by atoms with E-state index in [9.17, 15) is 4.79 Å². The van der Waals surface area contributed by atoms with Crippen LogP contribution in [-0.4, -0.2) is 23.0 Å². The largest absolute Gasteiger partial charge is 0.478 e. The van der Waals surface area contributed by atoms with E-state index in [0.717, 1.165) is 11.3 Å². The minimum Gasteiger partial charge on any atom is -0.478 e. The van der Waals surface area contributed by atoms with E-state index < -0.39 is 11.7 Å². The molecule has 1 unspecified atom stereocenters. The number of hydrogen-bond donors (Lipinski definition) is 0. The summed E-state index contributed by atoms with van der Waals surface area (Å²) in [7, 11) is 0. The van der Waals surface area contributed by atoms with Crippen LogP contribution in [0.1, 0.15) is 76.3 Å². The molecule has 1 fully saturated rings. The molecule has 3 nitrogen and oxygen atoms in total. The Hall–Kier alpha value is -1.03. The van der Waals surface area contributed by atoms with Crippen molar-refractivity contribution in [2.75, 3.05) is 5.33 Å². The van der Waals surface area contributed by atoms with Gasteiger partial charge in [-0.25, -0.2) is 4.79 Å². The van der Waals surface area contributed by atoms with E-state index in [1.165, 1.54) is 37.7 Å². The van der Waals surface area contributed by atoms with Crippen LogP contribution >= 0.6 is 15.9 Å². The molecule has 1 aliphatic carbocycles. The van der Waals surface area contributed by atoms with E-state index in [4.69, 9.17) is 9.47 Å². The first-order valence-electron chi connectivity index (χ1n) is 9.36. The predicted octanol–water partition coefficient (Wildman–Crippen LogP) is 5.92. The van der Waals surface area contributed by atoms with Gasteiger partial charge in [0.2, 0.25) is 0 Å². The van der Waals surface area contributed by atoms with Gasteiger partial charge in [0.25, 0.3) is 0 Å². The highest BCUT2D eigenvalue weighted by atomic mass is 79.9. The monoisotopic (exact) mass is 410 g/mol. The van der Waals surface area contributed by atoms with Gasteiger partial charge in [0.1, 0.15) is 11.4 Å². The van der Waals surface area contributed by atoms with Crippen molar-refractivity contribution in [1.82, 2.24) is 0 Å². The molecule has 0 spiro atoms.